The van der Waals surface area contributed by atoms with Crippen LogP contribution < -0.4 is 15.2 Å². The first-order valence-corrected chi connectivity index (χ1v) is 6.00. The molecule has 0 aromatic heterocycles. The van der Waals surface area contributed by atoms with Crippen LogP contribution in [0.5, 0.6) is 11.5 Å². The van der Waals surface area contributed by atoms with Gasteiger partial charge in [-0.15, -0.1) is 0 Å². The third kappa shape index (κ3) is 2.00. The summed E-state index contributed by atoms with van der Waals surface area (Å²) >= 11 is 0. The Bertz CT molecular complexity index is 436. The zero-order valence-electron chi connectivity index (χ0n) is 11.2. The fourth-order valence-electron chi connectivity index (χ4n) is 1.77. The van der Waals surface area contributed by atoms with Crippen LogP contribution in [0.1, 0.15) is 46.2 Å². The van der Waals surface area contributed by atoms with E-state index in [9.17, 15) is 0 Å². The molecule has 2 N–H and O–H groups in total. The van der Waals surface area contributed by atoms with Gasteiger partial charge in [-0.2, -0.15) is 0 Å². The molecule has 0 bridgehead atoms. The molecule has 0 saturated heterocycles. The number of nitrogens with two attached hydrogens (primary N) is 1. The molecule has 2 rings (SSSR count). The molecule has 1 atom stereocenters. The number of fused-ring (bicyclic) bond motifs is 1. The molecule has 0 aliphatic carbocycles. The van der Waals surface area contributed by atoms with E-state index in [2.05, 4.69) is 0 Å². The van der Waals surface area contributed by atoms with Crippen molar-refractivity contribution in [3.8, 4) is 11.5 Å². The number of hydrogen-bond acceptors (Lipinski definition) is 3. The molecule has 3 heteroatoms. The summed E-state index contributed by atoms with van der Waals surface area (Å²) in [5, 5.41) is 0. The molecular weight excluding hydrogens is 214 g/mol. The SMILES string of the molecule is CC(N)c1ccc2c(c1)OC(C)(C)C(C)(C)O2. The average molecular weight is 235 g/mol. The van der Waals surface area contributed by atoms with Gasteiger partial charge in [0, 0.05) is 6.04 Å². The summed E-state index contributed by atoms with van der Waals surface area (Å²) in [6.07, 6.45) is 0. The third-order valence-electron chi connectivity index (χ3n) is 3.67. The lowest BCUT2D eigenvalue weighted by atomic mass is 9.87. The van der Waals surface area contributed by atoms with Crippen molar-refractivity contribution in [3.63, 3.8) is 0 Å². The van der Waals surface area contributed by atoms with E-state index in [0.717, 1.165) is 17.1 Å². The smallest absolute Gasteiger partial charge is 0.162 e. The standard InChI is InChI=1S/C14H21NO2/c1-9(15)10-6-7-11-12(8-10)17-14(4,5)13(2,3)16-11/h6-9H,15H2,1-5H3. The summed E-state index contributed by atoms with van der Waals surface area (Å²) in [6, 6.07) is 5.89. The van der Waals surface area contributed by atoms with E-state index in [-0.39, 0.29) is 17.2 Å². The largest absolute Gasteiger partial charge is 0.480 e. The minimum atomic E-state index is -0.365. The van der Waals surface area contributed by atoms with Crippen LogP contribution >= 0.6 is 0 Å². The quantitative estimate of drug-likeness (QED) is 0.813. The van der Waals surface area contributed by atoms with Crippen molar-refractivity contribution >= 4 is 0 Å². The molecule has 17 heavy (non-hydrogen) atoms. The Labute approximate surface area is 103 Å². The Hall–Kier alpha value is -1.22. The first-order valence-electron chi connectivity index (χ1n) is 6.00. The molecule has 3 nitrogen and oxygen atoms in total. The molecule has 1 heterocycles. The summed E-state index contributed by atoms with van der Waals surface area (Å²) in [6.45, 7) is 10.1. The molecule has 0 radical (unpaired) electrons. The molecule has 94 valence electrons. The van der Waals surface area contributed by atoms with Crippen molar-refractivity contribution in [2.24, 2.45) is 5.73 Å². The Kier molecular flexibility index (Phi) is 2.62. The van der Waals surface area contributed by atoms with Gasteiger partial charge in [-0.1, -0.05) is 6.07 Å². The van der Waals surface area contributed by atoms with Crippen LogP contribution in [0.3, 0.4) is 0 Å². The van der Waals surface area contributed by atoms with Crippen LogP contribution in [0.25, 0.3) is 0 Å². The summed E-state index contributed by atoms with van der Waals surface area (Å²) < 4.78 is 12.0. The molecule has 0 saturated carbocycles. The van der Waals surface area contributed by atoms with E-state index >= 15 is 0 Å². The lowest BCUT2D eigenvalue weighted by Gasteiger charge is -2.45. The van der Waals surface area contributed by atoms with Crippen molar-refractivity contribution in [1.82, 2.24) is 0 Å². The van der Waals surface area contributed by atoms with E-state index in [4.69, 9.17) is 15.2 Å². The molecule has 0 spiro atoms. The van der Waals surface area contributed by atoms with E-state index in [1.807, 2.05) is 52.8 Å². The number of hydrogen-bond donors (Lipinski definition) is 1. The van der Waals surface area contributed by atoms with Gasteiger partial charge in [0.15, 0.2) is 11.5 Å². The molecule has 1 aliphatic rings. The Morgan fingerprint density at radius 2 is 1.53 bits per heavy atom. The first kappa shape index (κ1) is 12.2. The van der Waals surface area contributed by atoms with Gasteiger partial charge in [0.25, 0.3) is 0 Å². The maximum absolute atomic E-state index is 6.04. The minimum absolute atomic E-state index is 0.00180. The van der Waals surface area contributed by atoms with Crippen molar-refractivity contribution in [1.29, 1.82) is 0 Å². The van der Waals surface area contributed by atoms with Gasteiger partial charge < -0.3 is 15.2 Å². The van der Waals surface area contributed by atoms with Crippen LogP contribution in [0.2, 0.25) is 0 Å². The highest BCUT2D eigenvalue weighted by Gasteiger charge is 2.45. The molecular formula is C14H21NO2. The van der Waals surface area contributed by atoms with E-state index < -0.39 is 0 Å². The minimum Gasteiger partial charge on any atom is -0.480 e. The monoisotopic (exact) mass is 235 g/mol. The summed E-state index contributed by atoms with van der Waals surface area (Å²) in [5.74, 6) is 1.57. The van der Waals surface area contributed by atoms with E-state index in [1.165, 1.54) is 0 Å². The van der Waals surface area contributed by atoms with Gasteiger partial charge in [-0.3, -0.25) is 0 Å². The lowest BCUT2D eigenvalue weighted by Crippen LogP contribution is -2.56. The summed E-state index contributed by atoms with van der Waals surface area (Å²) in [4.78, 5) is 0. The second kappa shape index (κ2) is 3.64. The molecule has 1 aromatic carbocycles. The lowest BCUT2D eigenvalue weighted by molar-refractivity contribution is -0.0991. The van der Waals surface area contributed by atoms with Gasteiger partial charge in [-0.05, 0) is 52.3 Å². The Morgan fingerprint density at radius 3 is 2.06 bits per heavy atom. The fraction of sp³-hybridized carbons (Fsp3) is 0.571. The predicted molar refractivity (Wildman–Crippen MR) is 68.5 cm³/mol. The number of benzene rings is 1. The van der Waals surface area contributed by atoms with E-state index in [1.54, 1.807) is 0 Å². The molecule has 1 aliphatic heterocycles. The molecule has 1 aromatic rings. The zero-order chi connectivity index (χ0) is 12.8. The predicted octanol–water partition coefficient (Wildman–Crippen LogP) is 3.03. The summed E-state index contributed by atoms with van der Waals surface area (Å²) in [7, 11) is 0. The van der Waals surface area contributed by atoms with Crippen LogP contribution in [-0.2, 0) is 0 Å². The van der Waals surface area contributed by atoms with Crippen molar-refractivity contribution in [2.45, 2.75) is 51.9 Å². The van der Waals surface area contributed by atoms with Gasteiger partial charge in [0.1, 0.15) is 11.2 Å². The number of rotatable bonds is 1. The average Bonchev–Trinajstić information content (AvgIpc) is 2.17. The summed E-state index contributed by atoms with van der Waals surface area (Å²) in [5.41, 5.74) is 6.21. The maximum Gasteiger partial charge on any atom is 0.162 e. The highest BCUT2D eigenvalue weighted by atomic mass is 16.6. The van der Waals surface area contributed by atoms with Crippen LogP contribution in [0.15, 0.2) is 18.2 Å². The topological polar surface area (TPSA) is 44.5 Å². The Morgan fingerprint density at radius 1 is 1.00 bits per heavy atom. The zero-order valence-corrected chi connectivity index (χ0v) is 11.2. The van der Waals surface area contributed by atoms with Gasteiger partial charge in [0.2, 0.25) is 0 Å². The van der Waals surface area contributed by atoms with Crippen LogP contribution in [-0.4, -0.2) is 11.2 Å². The van der Waals surface area contributed by atoms with Gasteiger partial charge in [0.05, 0.1) is 0 Å². The molecule has 1 unspecified atom stereocenters. The van der Waals surface area contributed by atoms with Crippen LogP contribution in [0, 0.1) is 0 Å². The maximum atomic E-state index is 6.04. The first-order chi connectivity index (χ1) is 7.73. The Balaban J connectivity index is 2.43. The van der Waals surface area contributed by atoms with Gasteiger partial charge in [-0.25, -0.2) is 0 Å². The third-order valence-corrected chi connectivity index (χ3v) is 3.67. The highest BCUT2D eigenvalue weighted by molar-refractivity contribution is 5.46. The normalized spacial score (nSPS) is 22.0. The van der Waals surface area contributed by atoms with Crippen LogP contribution in [0.4, 0.5) is 0 Å². The molecule has 0 fully saturated rings. The van der Waals surface area contributed by atoms with E-state index in [0.29, 0.717) is 0 Å². The van der Waals surface area contributed by atoms with Crippen molar-refractivity contribution in [3.05, 3.63) is 23.8 Å². The van der Waals surface area contributed by atoms with Gasteiger partial charge >= 0.3 is 0 Å². The second-order valence-electron chi connectivity index (χ2n) is 5.72. The fourth-order valence-corrected chi connectivity index (χ4v) is 1.77. The van der Waals surface area contributed by atoms with Crippen molar-refractivity contribution < 1.29 is 9.47 Å². The highest BCUT2D eigenvalue weighted by Crippen LogP contribution is 2.43. The number of ether oxygens (including phenoxy) is 2. The van der Waals surface area contributed by atoms with Crippen molar-refractivity contribution in [2.75, 3.05) is 0 Å². The second-order valence-corrected chi connectivity index (χ2v) is 5.72. The molecule has 0 amide bonds.